The summed E-state index contributed by atoms with van der Waals surface area (Å²) in [5, 5.41) is 0. The lowest BCUT2D eigenvalue weighted by atomic mass is 10.3. The van der Waals surface area contributed by atoms with E-state index in [4.69, 9.17) is 11.6 Å². The van der Waals surface area contributed by atoms with Crippen molar-refractivity contribution >= 4 is 21.6 Å². The zero-order valence-electron chi connectivity index (χ0n) is 8.69. The zero-order valence-corrected chi connectivity index (χ0v) is 10.3. The van der Waals surface area contributed by atoms with E-state index in [1.807, 2.05) is 0 Å². The van der Waals surface area contributed by atoms with Gasteiger partial charge in [0.05, 0.1) is 5.75 Å². The number of sulfonamides is 1. The fourth-order valence-corrected chi connectivity index (χ4v) is 2.30. The maximum atomic E-state index is 11.8. The summed E-state index contributed by atoms with van der Waals surface area (Å²) in [6.07, 6.45) is -4.52. The highest BCUT2D eigenvalue weighted by Gasteiger charge is 2.27. The summed E-state index contributed by atoms with van der Waals surface area (Å²) in [7, 11) is -3.58. The fraction of sp³-hybridized carbons (Fsp3) is 1.00. The predicted octanol–water partition coefficient (Wildman–Crippen LogP) is 2.27. The molecule has 0 spiro atoms. The number of hydrogen-bond donors (Lipinski definition) is 1. The second-order valence-corrected chi connectivity index (χ2v) is 5.63. The average molecular weight is 282 g/mol. The molecule has 8 heteroatoms. The van der Waals surface area contributed by atoms with Gasteiger partial charge in [-0.05, 0) is 19.3 Å². The van der Waals surface area contributed by atoms with E-state index >= 15 is 0 Å². The minimum Gasteiger partial charge on any atom is -0.215 e. The van der Waals surface area contributed by atoms with Crippen molar-refractivity contribution in [1.82, 2.24) is 4.72 Å². The molecular weight excluding hydrogens is 267 g/mol. The Bertz CT molecular complexity index is 279. The molecule has 0 aromatic carbocycles. The van der Waals surface area contributed by atoms with Crippen LogP contribution in [0.2, 0.25) is 0 Å². The van der Waals surface area contributed by atoms with Gasteiger partial charge in [0.1, 0.15) is 0 Å². The van der Waals surface area contributed by atoms with Crippen LogP contribution in [0.3, 0.4) is 0 Å². The van der Waals surface area contributed by atoms with Crippen LogP contribution >= 0.6 is 11.6 Å². The van der Waals surface area contributed by atoms with Crippen molar-refractivity contribution in [1.29, 1.82) is 0 Å². The summed E-state index contributed by atoms with van der Waals surface area (Å²) in [5.74, 6) is -0.0524. The Labute approximate surface area is 98.4 Å². The summed E-state index contributed by atoms with van der Waals surface area (Å²) >= 11 is 5.38. The average Bonchev–Trinajstić information content (AvgIpc) is 2.10. The van der Waals surface area contributed by atoms with Crippen LogP contribution in [0.15, 0.2) is 0 Å². The zero-order chi connectivity index (χ0) is 12.7. The van der Waals surface area contributed by atoms with Crippen LogP contribution in [0, 0.1) is 0 Å². The van der Waals surface area contributed by atoms with E-state index in [0.717, 1.165) is 0 Å². The molecule has 0 unspecified atom stereocenters. The van der Waals surface area contributed by atoms with Gasteiger partial charge in [0, 0.05) is 18.8 Å². The van der Waals surface area contributed by atoms with Crippen LogP contribution in [-0.4, -0.2) is 32.8 Å². The van der Waals surface area contributed by atoms with Gasteiger partial charge < -0.3 is 0 Å². The normalized spacial score (nSPS) is 13.0. The van der Waals surface area contributed by atoms with Gasteiger partial charge in [-0.15, -0.1) is 11.6 Å². The molecule has 16 heavy (non-hydrogen) atoms. The van der Waals surface area contributed by atoms with Gasteiger partial charge in [0.2, 0.25) is 10.0 Å². The predicted molar refractivity (Wildman–Crippen MR) is 57.0 cm³/mol. The second kappa shape index (κ2) is 7.34. The molecule has 98 valence electrons. The molecule has 0 atom stereocenters. The first-order valence-corrected chi connectivity index (χ1v) is 7.05. The molecule has 1 N–H and O–H groups in total. The van der Waals surface area contributed by atoms with Crippen LogP contribution in [0.5, 0.6) is 0 Å². The molecule has 0 aromatic rings. The highest BCUT2D eigenvalue weighted by atomic mass is 35.5. The first kappa shape index (κ1) is 16.0. The van der Waals surface area contributed by atoms with Gasteiger partial charge in [-0.1, -0.05) is 0 Å². The van der Waals surface area contributed by atoms with E-state index < -0.39 is 34.8 Å². The summed E-state index contributed by atoms with van der Waals surface area (Å²) < 4.78 is 59.8. The smallest absolute Gasteiger partial charge is 0.215 e. The summed E-state index contributed by atoms with van der Waals surface area (Å²) in [5.41, 5.74) is 0. The molecule has 0 heterocycles. The van der Waals surface area contributed by atoms with E-state index in [1.54, 1.807) is 0 Å². The molecule has 0 amide bonds. The second-order valence-electron chi connectivity index (χ2n) is 3.33. The molecule has 0 fully saturated rings. The van der Waals surface area contributed by atoms with E-state index in [0.29, 0.717) is 18.7 Å². The van der Waals surface area contributed by atoms with Crippen molar-refractivity contribution in [3.05, 3.63) is 0 Å². The number of alkyl halides is 4. The van der Waals surface area contributed by atoms with Gasteiger partial charge in [0.15, 0.2) is 0 Å². The molecule has 3 nitrogen and oxygen atoms in total. The lowest BCUT2D eigenvalue weighted by Gasteiger charge is -2.07. The van der Waals surface area contributed by atoms with Gasteiger partial charge in [-0.25, -0.2) is 13.1 Å². The van der Waals surface area contributed by atoms with Crippen LogP contribution < -0.4 is 4.72 Å². The molecule has 0 rings (SSSR count). The van der Waals surface area contributed by atoms with Crippen molar-refractivity contribution in [3.63, 3.8) is 0 Å². The topological polar surface area (TPSA) is 46.2 Å². The third-order valence-corrected chi connectivity index (χ3v) is 3.49. The monoisotopic (exact) mass is 281 g/mol. The molecule has 0 radical (unpaired) electrons. The molecule has 0 saturated carbocycles. The van der Waals surface area contributed by atoms with Crippen molar-refractivity contribution in [2.24, 2.45) is 0 Å². The molecular formula is C8H15ClF3NO2S. The molecule has 0 aliphatic heterocycles. The first-order valence-electron chi connectivity index (χ1n) is 4.87. The number of hydrogen-bond acceptors (Lipinski definition) is 2. The lowest BCUT2D eigenvalue weighted by Crippen LogP contribution is -2.28. The Hall–Kier alpha value is -0.0100. The van der Waals surface area contributed by atoms with Crippen LogP contribution in [0.4, 0.5) is 13.2 Å². The Morgan fingerprint density at radius 2 is 1.75 bits per heavy atom. The quantitative estimate of drug-likeness (QED) is 0.548. The van der Waals surface area contributed by atoms with Gasteiger partial charge in [-0.2, -0.15) is 13.2 Å². The maximum Gasteiger partial charge on any atom is 0.389 e. The van der Waals surface area contributed by atoms with E-state index in [2.05, 4.69) is 4.72 Å². The van der Waals surface area contributed by atoms with E-state index in [9.17, 15) is 21.6 Å². The summed E-state index contributed by atoms with van der Waals surface area (Å²) in [6, 6.07) is 0. The Morgan fingerprint density at radius 3 is 2.25 bits per heavy atom. The highest BCUT2D eigenvalue weighted by Crippen LogP contribution is 2.21. The summed E-state index contributed by atoms with van der Waals surface area (Å²) in [4.78, 5) is 0. The molecule has 0 aliphatic carbocycles. The number of nitrogens with one attached hydrogen (secondary N) is 1. The lowest BCUT2D eigenvalue weighted by molar-refractivity contribution is -0.134. The van der Waals surface area contributed by atoms with Crippen LogP contribution in [0.1, 0.15) is 25.7 Å². The fourth-order valence-electron chi connectivity index (χ4n) is 0.982. The third-order valence-electron chi connectivity index (χ3n) is 1.76. The Kier molecular flexibility index (Phi) is 7.34. The van der Waals surface area contributed by atoms with Crippen molar-refractivity contribution in [3.8, 4) is 0 Å². The number of rotatable bonds is 8. The van der Waals surface area contributed by atoms with Gasteiger partial charge >= 0.3 is 6.18 Å². The Morgan fingerprint density at radius 1 is 1.12 bits per heavy atom. The molecule has 0 aliphatic rings. The van der Waals surface area contributed by atoms with Crippen molar-refractivity contribution in [2.75, 3.05) is 18.2 Å². The Balaban J connectivity index is 3.71. The largest absolute Gasteiger partial charge is 0.389 e. The highest BCUT2D eigenvalue weighted by molar-refractivity contribution is 7.89. The number of unbranched alkanes of at least 4 members (excludes halogenated alkanes) is 1. The van der Waals surface area contributed by atoms with Crippen molar-refractivity contribution < 1.29 is 21.6 Å². The molecule has 0 saturated heterocycles. The SMILES string of the molecule is O=S(=O)(CCCC(F)(F)F)NCCCCCl. The van der Waals surface area contributed by atoms with Crippen molar-refractivity contribution in [2.45, 2.75) is 31.9 Å². The summed E-state index contributed by atoms with van der Waals surface area (Å²) in [6.45, 7) is 0.223. The van der Waals surface area contributed by atoms with Gasteiger partial charge in [0.25, 0.3) is 0 Å². The van der Waals surface area contributed by atoms with E-state index in [-0.39, 0.29) is 6.54 Å². The third kappa shape index (κ3) is 10.5. The van der Waals surface area contributed by atoms with E-state index in [1.165, 1.54) is 0 Å². The maximum absolute atomic E-state index is 11.8. The first-order chi connectivity index (χ1) is 7.27. The molecule has 0 aromatic heterocycles. The molecule has 0 bridgehead atoms. The van der Waals surface area contributed by atoms with Crippen LogP contribution in [0.25, 0.3) is 0 Å². The van der Waals surface area contributed by atoms with Gasteiger partial charge in [-0.3, -0.25) is 0 Å². The minimum absolute atomic E-state index is 0.223. The standard InChI is InChI=1S/C8H15ClF3NO2S/c9-5-1-2-6-13-16(14,15)7-3-4-8(10,11)12/h13H,1-7H2. The number of halogens is 4. The van der Waals surface area contributed by atoms with Crippen LogP contribution in [-0.2, 0) is 10.0 Å². The minimum atomic E-state index is -4.30.